The van der Waals surface area contributed by atoms with Gasteiger partial charge in [0, 0.05) is 50.3 Å². The molecule has 2 aliphatic rings. The van der Waals surface area contributed by atoms with E-state index in [0.29, 0.717) is 76.1 Å². The third-order valence-corrected chi connectivity index (χ3v) is 14.0. The van der Waals surface area contributed by atoms with Crippen molar-refractivity contribution in [2.24, 2.45) is 0 Å². The number of aromatic hydroxyl groups is 1. The molecule has 0 bridgehead atoms. The summed E-state index contributed by atoms with van der Waals surface area (Å²) in [6.07, 6.45) is 4.76. The Morgan fingerprint density at radius 3 is 2.21 bits per heavy atom. The highest BCUT2D eigenvalue weighted by Gasteiger charge is 2.42. The second-order valence-electron chi connectivity index (χ2n) is 17.1. The van der Waals surface area contributed by atoms with Crippen LogP contribution in [0.25, 0.3) is 0 Å². The van der Waals surface area contributed by atoms with Gasteiger partial charge in [-0.25, -0.2) is 9.59 Å². The number of fused-ring (bicyclic) bond motifs is 1. The van der Waals surface area contributed by atoms with Crippen LogP contribution in [-0.2, 0) is 44.7 Å². The fourth-order valence-electron chi connectivity index (χ4n) is 8.03. The molecule has 372 valence electrons. The van der Waals surface area contributed by atoms with Gasteiger partial charge in [-0.3, -0.25) is 33.6 Å². The summed E-state index contributed by atoms with van der Waals surface area (Å²) in [5.74, 6) is -4.02. The number of hydrogen-bond donors (Lipinski definition) is 9. The van der Waals surface area contributed by atoms with E-state index < -0.39 is 72.5 Å². The molecule has 21 heteroatoms. The number of urea groups is 1. The maximum absolute atomic E-state index is 13.6. The van der Waals surface area contributed by atoms with E-state index in [1.807, 2.05) is 34.4 Å². The molecule has 2 fully saturated rings. The Hall–Kier alpha value is -5.45. The maximum Gasteiger partial charge on any atom is 0.339 e. The third kappa shape index (κ3) is 18.6. The lowest BCUT2D eigenvalue weighted by Crippen LogP contribution is -2.54. The zero-order valence-corrected chi connectivity index (χ0v) is 41.7. The molecule has 0 radical (unpaired) electrons. The number of hydrogen-bond acceptors (Lipinski definition) is 12. The Labute approximate surface area is 414 Å². The number of unbranched alkanes of at least 4 members (excludes halogenated alkanes) is 4. The molecule has 2 saturated heterocycles. The van der Waals surface area contributed by atoms with Crippen molar-refractivity contribution in [1.82, 2.24) is 37.2 Å². The average molecular weight is 1080 g/mol. The summed E-state index contributed by atoms with van der Waals surface area (Å²) in [6, 6.07) is 6.79. The summed E-state index contributed by atoms with van der Waals surface area (Å²) in [4.78, 5) is 113. The van der Waals surface area contributed by atoms with Crippen molar-refractivity contribution in [3.8, 4) is 5.75 Å². The van der Waals surface area contributed by atoms with Gasteiger partial charge in [-0.1, -0.05) is 37.1 Å². The molecule has 7 amide bonds. The summed E-state index contributed by atoms with van der Waals surface area (Å²) < 4.78 is 5.72. The molecule has 2 heterocycles. The highest BCUT2D eigenvalue weighted by Crippen LogP contribution is 2.33. The highest BCUT2D eigenvalue weighted by molar-refractivity contribution is 14.1. The van der Waals surface area contributed by atoms with Gasteiger partial charge >= 0.3 is 18.0 Å². The maximum atomic E-state index is 13.6. The van der Waals surface area contributed by atoms with Gasteiger partial charge in [0.05, 0.1) is 27.6 Å². The largest absolute Gasteiger partial charge is 0.507 e. The van der Waals surface area contributed by atoms with E-state index in [9.17, 15) is 53.4 Å². The first kappa shape index (κ1) is 55.1. The van der Waals surface area contributed by atoms with Gasteiger partial charge in [-0.2, -0.15) is 11.8 Å². The molecule has 68 heavy (non-hydrogen) atoms. The minimum absolute atomic E-state index is 0.0445. The standard InChI is InChI=1S/C47H64IN7O12S/c1-27-12-11-13-28(2)42(27)46(65)67-25-37(58)33(24-41(61)62)52-40(60)17-5-4-9-21-50-44(63)34(23-30-18-19-36(57)31(48)22-30)53-45(64)32(51-29(3)56)14-8-10-20-49-39(59)16-7-6-15-38-43-35(26-68-38)54-47(66)55-43/h11-13,18-19,22,32-35,38,43,57H,4-10,14-17,20-21,23-26H2,1-3H3,(H,49,59)(H,50,63)(H,51,56)(H,52,60)(H,53,64)(H,61,62)(H2,54,55,66)/t32-,33-,34-,35+,38?,43+/m0/s1/i48-2. The number of carboxylic acids is 1. The lowest BCUT2D eigenvalue weighted by Gasteiger charge is -2.23. The van der Waals surface area contributed by atoms with Crippen LogP contribution in [0.5, 0.6) is 5.75 Å². The molecule has 6 atom stereocenters. The number of phenolic OH excluding ortho intramolecular Hbond substituents is 1. The Balaban J connectivity index is 1.20. The number of aryl methyl sites for hydroxylation is 2. The first-order chi connectivity index (χ1) is 32.4. The van der Waals surface area contributed by atoms with Crippen LogP contribution >= 0.6 is 34.4 Å². The van der Waals surface area contributed by atoms with Gasteiger partial charge in [0.25, 0.3) is 0 Å². The van der Waals surface area contributed by atoms with E-state index >= 15 is 0 Å². The summed E-state index contributed by atoms with van der Waals surface area (Å²) in [7, 11) is 0. The lowest BCUT2D eigenvalue weighted by atomic mass is 10.0. The van der Waals surface area contributed by atoms with E-state index in [1.165, 1.54) is 13.0 Å². The van der Waals surface area contributed by atoms with Crippen molar-refractivity contribution >= 4 is 87.6 Å². The van der Waals surface area contributed by atoms with Crippen LogP contribution in [0.15, 0.2) is 36.4 Å². The summed E-state index contributed by atoms with van der Waals surface area (Å²) in [5, 5.41) is 39.3. The van der Waals surface area contributed by atoms with Crippen molar-refractivity contribution in [3.05, 3.63) is 62.2 Å². The van der Waals surface area contributed by atoms with Crippen LogP contribution in [0.4, 0.5) is 4.79 Å². The number of halogens is 1. The first-order valence-corrected chi connectivity index (χ1v) is 25.1. The SMILES string of the molecule is CC(=O)N[C@@H](CCCCNC(=O)CCCCC1SC[C@H]2NC(=O)N[C@@H]12)C(=O)N[C@@H](Cc1ccc(O)c([125I])c1)C(=O)NCCCCCC(=O)N[C@@H](CC(=O)O)C(=O)COC(=O)c1c(C)cccc1C. The van der Waals surface area contributed by atoms with E-state index in [2.05, 4.69) is 37.2 Å². The van der Waals surface area contributed by atoms with E-state index in [1.54, 1.807) is 44.2 Å². The summed E-state index contributed by atoms with van der Waals surface area (Å²) >= 11 is 3.80. The van der Waals surface area contributed by atoms with Crippen LogP contribution in [0.2, 0.25) is 0 Å². The fourth-order valence-corrected chi connectivity index (χ4v) is 10.2. The molecule has 0 aromatic heterocycles. The number of ketones is 1. The molecule has 0 spiro atoms. The predicted molar refractivity (Wildman–Crippen MR) is 262 cm³/mol. The first-order valence-electron chi connectivity index (χ1n) is 23.0. The number of phenols is 1. The van der Waals surface area contributed by atoms with Crippen LogP contribution < -0.4 is 37.2 Å². The number of carboxylic acid groups (broad SMARTS) is 1. The number of thioether (sulfide) groups is 1. The van der Waals surface area contributed by atoms with E-state index in [-0.39, 0.29) is 55.6 Å². The van der Waals surface area contributed by atoms with Crippen molar-refractivity contribution in [1.29, 1.82) is 0 Å². The van der Waals surface area contributed by atoms with Crippen molar-refractivity contribution in [2.75, 3.05) is 25.4 Å². The van der Waals surface area contributed by atoms with Crippen molar-refractivity contribution in [3.63, 3.8) is 0 Å². The van der Waals surface area contributed by atoms with Gasteiger partial charge in [-0.05, 0) is 110 Å². The Morgan fingerprint density at radius 2 is 1.50 bits per heavy atom. The number of Topliss-reactive ketones (excluding diaryl/α,β-unsaturated/α-hetero) is 1. The number of rotatable bonds is 29. The second kappa shape index (κ2) is 28.1. The summed E-state index contributed by atoms with van der Waals surface area (Å²) in [5.41, 5.74) is 2.27. The van der Waals surface area contributed by atoms with Crippen molar-refractivity contribution in [2.45, 2.75) is 140 Å². The molecular formula is C47H64IN7O12S. The topological polar surface area (TPSA) is 288 Å². The van der Waals surface area contributed by atoms with Crippen LogP contribution in [0.3, 0.4) is 0 Å². The number of carbonyl (C=O) groups is 9. The minimum Gasteiger partial charge on any atom is -0.507 e. The molecule has 1 unspecified atom stereocenters. The number of carbonyl (C=O) groups excluding carboxylic acids is 8. The molecule has 2 aliphatic heterocycles. The van der Waals surface area contributed by atoms with Crippen LogP contribution in [0.1, 0.15) is 111 Å². The normalized spacial score (nSPS) is 17.3. The lowest BCUT2D eigenvalue weighted by molar-refractivity contribution is -0.140. The minimum atomic E-state index is -1.41. The average Bonchev–Trinajstić information content (AvgIpc) is 3.84. The van der Waals surface area contributed by atoms with Crippen LogP contribution in [0, 0.1) is 17.4 Å². The Kier molecular flexibility index (Phi) is 22.8. The van der Waals surface area contributed by atoms with Gasteiger partial charge in [0.15, 0.2) is 12.4 Å². The number of aliphatic carboxylic acids is 1. The fraction of sp³-hybridized carbons (Fsp3) is 0.553. The number of nitrogens with one attached hydrogen (secondary N) is 7. The number of benzene rings is 2. The molecule has 2 aromatic carbocycles. The molecule has 0 saturated carbocycles. The number of esters is 1. The van der Waals surface area contributed by atoms with E-state index in [0.717, 1.165) is 25.0 Å². The molecule has 4 rings (SSSR count). The monoisotopic (exact) mass is 1080 g/mol. The van der Waals surface area contributed by atoms with Crippen molar-refractivity contribution < 1.29 is 58.1 Å². The van der Waals surface area contributed by atoms with Gasteiger partial charge in [-0.15, -0.1) is 0 Å². The third-order valence-electron chi connectivity index (χ3n) is 11.6. The zero-order chi connectivity index (χ0) is 49.8. The van der Waals surface area contributed by atoms with Gasteiger partial charge in [0.1, 0.15) is 23.9 Å². The van der Waals surface area contributed by atoms with Gasteiger partial charge < -0.3 is 52.2 Å². The smallest absolute Gasteiger partial charge is 0.339 e. The van der Waals surface area contributed by atoms with Gasteiger partial charge in [0.2, 0.25) is 29.5 Å². The predicted octanol–water partition coefficient (Wildman–Crippen LogP) is 3.22. The van der Waals surface area contributed by atoms with Crippen LogP contribution in [-0.4, -0.2) is 124 Å². The quantitative estimate of drug-likeness (QED) is 0.0245. The summed E-state index contributed by atoms with van der Waals surface area (Å²) in [6.45, 7) is 4.58. The molecule has 9 N–H and O–H groups in total. The molecule has 19 nitrogen and oxygen atoms in total. The second-order valence-corrected chi connectivity index (χ2v) is 19.6. The highest BCUT2D eigenvalue weighted by atomic mass is 125. The van der Waals surface area contributed by atoms with E-state index in [4.69, 9.17) is 4.74 Å². The number of ether oxygens (including phenoxy) is 1. The molecular weight excluding hydrogens is 1010 g/mol. The number of amides is 7. The molecule has 2 aromatic rings. The molecule has 0 aliphatic carbocycles. The Bertz CT molecular complexity index is 2120. The zero-order valence-electron chi connectivity index (χ0n) is 38.7. The Morgan fingerprint density at radius 1 is 0.809 bits per heavy atom.